The zero-order chi connectivity index (χ0) is 16.4. The van der Waals surface area contributed by atoms with Gasteiger partial charge >= 0.3 is 0 Å². The summed E-state index contributed by atoms with van der Waals surface area (Å²) in [5, 5.41) is 0. The van der Waals surface area contributed by atoms with Gasteiger partial charge < -0.3 is 15.4 Å². The predicted octanol–water partition coefficient (Wildman–Crippen LogP) is 1.45. The van der Waals surface area contributed by atoms with Crippen molar-refractivity contribution in [1.82, 2.24) is 9.97 Å². The lowest BCUT2D eigenvalue weighted by atomic mass is 9.84. The maximum absolute atomic E-state index is 11.6. The number of ether oxygens (including phenoxy) is 1. The average molecular weight is 318 g/mol. The third-order valence-electron chi connectivity index (χ3n) is 5.03. The van der Waals surface area contributed by atoms with Crippen LogP contribution < -0.4 is 10.6 Å². The van der Waals surface area contributed by atoms with Crippen molar-refractivity contribution in [2.24, 2.45) is 17.6 Å². The van der Waals surface area contributed by atoms with Crippen LogP contribution in [0.2, 0.25) is 0 Å². The molecule has 0 saturated carbocycles. The quantitative estimate of drug-likeness (QED) is 0.909. The lowest BCUT2D eigenvalue weighted by molar-refractivity contribution is -0.124. The van der Waals surface area contributed by atoms with E-state index in [1.54, 1.807) is 0 Å². The van der Waals surface area contributed by atoms with E-state index in [1.165, 1.54) is 0 Å². The second kappa shape index (κ2) is 6.83. The number of rotatable bonds is 4. The van der Waals surface area contributed by atoms with Crippen molar-refractivity contribution in [3.63, 3.8) is 0 Å². The maximum Gasteiger partial charge on any atom is 0.223 e. The molecule has 2 saturated heterocycles. The van der Waals surface area contributed by atoms with Gasteiger partial charge in [0, 0.05) is 37.9 Å². The van der Waals surface area contributed by atoms with Crippen LogP contribution in [-0.4, -0.2) is 41.7 Å². The van der Waals surface area contributed by atoms with E-state index in [0.717, 1.165) is 56.1 Å². The number of primary amides is 1. The Kier molecular flexibility index (Phi) is 4.80. The van der Waals surface area contributed by atoms with Crippen LogP contribution in [-0.2, 0) is 16.0 Å². The molecule has 126 valence electrons. The Morgan fingerprint density at radius 2 is 2.09 bits per heavy atom. The first-order chi connectivity index (χ1) is 11.1. The SMILES string of the molecule is CCc1nc(C)cc(N2CCC([C@H]3OCC[C@@H]3C(N)=O)CC2)n1. The highest BCUT2D eigenvalue weighted by Gasteiger charge is 2.39. The van der Waals surface area contributed by atoms with E-state index in [0.29, 0.717) is 12.5 Å². The van der Waals surface area contributed by atoms with E-state index in [1.807, 2.05) is 6.92 Å². The normalized spacial score (nSPS) is 25.7. The van der Waals surface area contributed by atoms with Crippen LogP contribution in [0.5, 0.6) is 0 Å². The molecule has 0 bridgehead atoms. The lowest BCUT2D eigenvalue weighted by Crippen LogP contribution is -2.42. The molecular weight excluding hydrogens is 292 g/mol. The fourth-order valence-electron chi connectivity index (χ4n) is 3.77. The first-order valence-corrected chi connectivity index (χ1v) is 8.59. The number of aryl methyl sites for hydroxylation is 2. The Morgan fingerprint density at radius 1 is 1.35 bits per heavy atom. The van der Waals surface area contributed by atoms with Crippen molar-refractivity contribution >= 4 is 11.7 Å². The van der Waals surface area contributed by atoms with Gasteiger partial charge in [0.25, 0.3) is 0 Å². The van der Waals surface area contributed by atoms with Crippen molar-refractivity contribution in [3.8, 4) is 0 Å². The fourth-order valence-corrected chi connectivity index (χ4v) is 3.77. The molecule has 6 heteroatoms. The number of amides is 1. The number of aromatic nitrogens is 2. The number of anilines is 1. The molecule has 1 amide bonds. The van der Waals surface area contributed by atoms with E-state index >= 15 is 0 Å². The van der Waals surface area contributed by atoms with E-state index < -0.39 is 0 Å². The summed E-state index contributed by atoms with van der Waals surface area (Å²) >= 11 is 0. The molecular formula is C17H26N4O2. The summed E-state index contributed by atoms with van der Waals surface area (Å²) in [4.78, 5) is 23.0. The van der Waals surface area contributed by atoms with Crippen molar-refractivity contribution in [2.45, 2.75) is 45.6 Å². The Balaban J connectivity index is 1.64. The van der Waals surface area contributed by atoms with Crippen LogP contribution in [0.4, 0.5) is 5.82 Å². The highest BCUT2D eigenvalue weighted by molar-refractivity contribution is 5.77. The number of nitrogens with two attached hydrogens (primary N) is 1. The molecule has 2 atom stereocenters. The number of hydrogen-bond donors (Lipinski definition) is 1. The number of nitrogens with zero attached hydrogens (tertiary/aromatic N) is 3. The first-order valence-electron chi connectivity index (χ1n) is 8.59. The number of hydrogen-bond acceptors (Lipinski definition) is 5. The molecule has 0 aliphatic carbocycles. The summed E-state index contributed by atoms with van der Waals surface area (Å²) in [5.41, 5.74) is 6.53. The van der Waals surface area contributed by atoms with Gasteiger partial charge in [-0.2, -0.15) is 0 Å². The molecule has 6 nitrogen and oxygen atoms in total. The Morgan fingerprint density at radius 3 is 2.74 bits per heavy atom. The Bertz CT molecular complexity index is 570. The summed E-state index contributed by atoms with van der Waals surface area (Å²) < 4.78 is 5.82. The van der Waals surface area contributed by atoms with Gasteiger partial charge in [0.1, 0.15) is 11.6 Å². The summed E-state index contributed by atoms with van der Waals surface area (Å²) in [6, 6.07) is 2.05. The van der Waals surface area contributed by atoms with Crippen LogP contribution in [0.25, 0.3) is 0 Å². The highest BCUT2D eigenvalue weighted by Crippen LogP contribution is 2.33. The summed E-state index contributed by atoms with van der Waals surface area (Å²) in [6.07, 6.45) is 3.65. The second-order valence-corrected chi connectivity index (χ2v) is 6.59. The van der Waals surface area contributed by atoms with Crippen molar-refractivity contribution in [1.29, 1.82) is 0 Å². The van der Waals surface area contributed by atoms with Crippen LogP contribution in [0.3, 0.4) is 0 Å². The second-order valence-electron chi connectivity index (χ2n) is 6.59. The molecule has 2 aliphatic rings. The zero-order valence-electron chi connectivity index (χ0n) is 14.0. The van der Waals surface area contributed by atoms with Crippen LogP contribution >= 0.6 is 0 Å². The molecule has 3 rings (SSSR count). The molecule has 1 aromatic rings. The molecule has 0 radical (unpaired) electrons. The molecule has 2 fully saturated rings. The number of carbonyl (C=O) groups excluding carboxylic acids is 1. The average Bonchev–Trinajstić information content (AvgIpc) is 3.04. The minimum atomic E-state index is -0.214. The molecule has 0 spiro atoms. The Hall–Kier alpha value is -1.69. The molecule has 2 N–H and O–H groups in total. The third kappa shape index (κ3) is 3.47. The van der Waals surface area contributed by atoms with Gasteiger partial charge in [-0.1, -0.05) is 6.92 Å². The molecule has 23 heavy (non-hydrogen) atoms. The fraction of sp³-hybridized carbons (Fsp3) is 0.706. The van der Waals surface area contributed by atoms with Crippen molar-refractivity contribution in [2.75, 3.05) is 24.6 Å². The van der Waals surface area contributed by atoms with Gasteiger partial charge in [-0.25, -0.2) is 9.97 Å². The minimum Gasteiger partial charge on any atom is -0.377 e. The minimum absolute atomic E-state index is 0.00740. The predicted molar refractivity (Wildman–Crippen MR) is 88.1 cm³/mol. The van der Waals surface area contributed by atoms with Crippen LogP contribution in [0, 0.1) is 18.8 Å². The van der Waals surface area contributed by atoms with E-state index in [-0.39, 0.29) is 17.9 Å². The van der Waals surface area contributed by atoms with Gasteiger partial charge in [0.05, 0.1) is 12.0 Å². The zero-order valence-corrected chi connectivity index (χ0v) is 14.0. The standard InChI is InChI=1S/C17H26N4O2/c1-3-14-19-11(2)10-15(20-14)21-7-4-12(5-8-21)16-13(17(18)22)6-9-23-16/h10,12-13,16H,3-9H2,1-2H3,(H2,18,22)/t13-,16+/m0/s1. The summed E-state index contributed by atoms with van der Waals surface area (Å²) in [6.45, 7) is 6.63. The summed E-state index contributed by atoms with van der Waals surface area (Å²) in [5.74, 6) is 2.01. The van der Waals surface area contributed by atoms with Gasteiger partial charge in [-0.05, 0) is 32.1 Å². The number of carbonyl (C=O) groups is 1. The van der Waals surface area contributed by atoms with E-state index in [9.17, 15) is 4.79 Å². The molecule has 1 aromatic heterocycles. The summed E-state index contributed by atoms with van der Waals surface area (Å²) in [7, 11) is 0. The molecule has 0 aromatic carbocycles. The van der Waals surface area contributed by atoms with Gasteiger partial charge in [-0.15, -0.1) is 0 Å². The van der Waals surface area contributed by atoms with Gasteiger partial charge in [0.2, 0.25) is 5.91 Å². The third-order valence-corrected chi connectivity index (χ3v) is 5.03. The van der Waals surface area contributed by atoms with Crippen molar-refractivity contribution < 1.29 is 9.53 Å². The van der Waals surface area contributed by atoms with Gasteiger partial charge in [0.15, 0.2) is 0 Å². The van der Waals surface area contributed by atoms with Crippen LogP contribution in [0.15, 0.2) is 6.07 Å². The molecule has 3 heterocycles. The largest absolute Gasteiger partial charge is 0.377 e. The smallest absolute Gasteiger partial charge is 0.223 e. The maximum atomic E-state index is 11.6. The van der Waals surface area contributed by atoms with E-state index in [4.69, 9.17) is 10.5 Å². The van der Waals surface area contributed by atoms with Crippen molar-refractivity contribution in [3.05, 3.63) is 17.6 Å². The monoisotopic (exact) mass is 318 g/mol. The number of piperidine rings is 1. The first kappa shape index (κ1) is 16.2. The lowest BCUT2D eigenvalue weighted by Gasteiger charge is -2.36. The van der Waals surface area contributed by atoms with Gasteiger partial charge in [-0.3, -0.25) is 4.79 Å². The van der Waals surface area contributed by atoms with E-state index in [2.05, 4.69) is 27.9 Å². The topological polar surface area (TPSA) is 81.3 Å². The molecule has 2 aliphatic heterocycles. The van der Waals surface area contributed by atoms with Crippen LogP contribution in [0.1, 0.15) is 37.7 Å². The Labute approximate surface area is 137 Å². The molecule has 0 unspecified atom stereocenters. The highest BCUT2D eigenvalue weighted by atomic mass is 16.5.